The lowest BCUT2D eigenvalue weighted by atomic mass is 9.82. The van der Waals surface area contributed by atoms with Crippen LogP contribution in [-0.4, -0.2) is 7.11 Å². The van der Waals surface area contributed by atoms with Gasteiger partial charge in [-0.3, -0.25) is 0 Å². The van der Waals surface area contributed by atoms with E-state index in [4.69, 9.17) is 9.15 Å². The van der Waals surface area contributed by atoms with Crippen LogP contribution in [-0.2, 0) is 0 Å². The lowest BCUT2D eigenvalue weighted by Gasteiger charge is -2.22. The van der Waals surface area contributed by atoms with Crippen LogP contribution >= 0.6 is 0 Å². The van der Waals surface area contributed by atoms with E-state index in [1.807, 2.05) is 6.07 Å². The zero-order valence-corrected chi connectivity index (χ0v) is 29.2. The van der Waals surface area contributed by atoms with Gasteiger partial charge in [-0.2, -0.15) is 0 Å². The van der Waals surface area contributed by atoms with Gasteiger partial charge in [0.15, 0.2) is 0 Å². The summed E-state index contributed by atoms with van der Waals surface area (Å²) in [5.41, 5.74) is 13.0. The maximum atomic E-state index is 6.72. The molecule has 10 rings (SSSR count). The summed E-state index contributed by atoms with van der Waals surface area (Å²) in [6.07, 6.45) is 0. The average Bonchev–Trinajstić information content (AvgIpc) is 3.62. The smallest absolute Gasteiger partial charge is 0.143 e. The first-order valence-electron chi connectivity index (χ1n) is 18.0. The molecule has 250 valence electrons. The van der Waals surface area contributed by atoms with Crippen molar-refractivity contribution in [2.45, 2.75) is 0 Å². The number of rotatable bonds is 6. The van der Waals surface area contributed by atoms with E-state index in [1.165, 1.54) is 11.1 Å². The van der Waals surface area contributed by atoms with E-state index in [0.29, 0.717) is 0 Å². The van der Waals surface area contributed by atoms with Crippen LogP contribution in [0, 0.1) is 0 Å². The fourth-order valence-corrected chi connectivity index (χ4v) is 8.17. The quantitative estimate of drug-likeness (QED) is 0.163. The number of methoxy groups -OCH3 is 1. The molecule has 0 atom stereocenters. The second-order valence-electron chi connectivity index (χ2n) is 13.5. The number of furan rings is 1. The molecule has 0 amide bonds. The molecule has 0 saturated carbocycles. The number of hydrogen-bond donors (Lipinski definition) is 0. The van der Waals surface area contributed by atoms with Crippen LogP contribution in [0.5, 0.6) is 5.75 Å². The Bertz CT molecular complexity index is 2860. The Balaban J connectivity index is 1.39. The van der Waals surface area contributed by atoms with Gasteiger partial charge in [-0.25, -0.2) is 0 Å². The molecule has 2 nitrogen and oxygen atoms in total. The molecule has 2 heteroatoms. The Morgan fingerprint density at radius 3 is 1.45 bits per heavy atom. The van der Waals surface area contributed by atoms with Gasteiger partial charge in [0.1, 0.15) is 16.9 Å². The summed E-state index contributed by atoms with van der Waals surface area (Å²) in [5, 5.41) is 6.84. The number of benzene rings is 9. The van der Waals surface area contributed by atoms with Gasteiger partial charge in [0.25, 0.3) is 0 Å². The van der Waals surface area contributed by atoms with Crippen molar-refractivity contribution < 1.29 is 9.15 Å². The fraction of sp³-hybridized carbons (Fsp3) is 0.0196. The Labute approximate surface area is 308 Å². The fourth-order valence-electron chi connectivity index (χ4n) is 8.17. The van der Waals surface area contributed by atoms with E-state index >= 15 is 0 Å². The third-order valence-corrected chi connectivity index (χ3v) is 10.6. The Kier molecular flexibility index (Phi) is 7.40. The molecule has 1 aromatic heterocycles. The van der Waals surface area contributed by atoms with Gasteiger partial charge >= 0.3 is 0 Å². The summed E-state index contributed by atoms with van der Waals surface area (Å²) in [7, 11) is 1.79. The number of fused-ring (bicyclic) bond motifs is 5. The van der Waals surface area contributed by atoms with Gasteiger partial charge < -0.3 is 9.15 Å². The third-order valence-electron chi connectivity index (χ3n) is 10.6. The van der Waals surface area contributed by atoms with Crippen molar-refractivity contribution in [3.05, 3.63) is 188 Å². The number of ether oxygens (including phenoxy) is 1. The minimum atomic E-state index is 0.851. The molecule has 0 aliphatic rings. The first-order valence-corrected chi connectivity index (χ1v) is 18.0. The highest BCUT2D eigenvalue weighted by molar-refractivity contribution is 6.25. The molecule has 0 aliphatic carbocycles. The van der Waals surface area contributed by atoms with Crippen molar-refractivity contribution in [2.75, 3.05) is 7.11 Å². The predicted octanol–water partition coefficient (Wildman–Crippen LogP) is 14.2. The van der Waals surface area contributed by atoms with Crippen molar-refractivity contribution >= 4 is 43.5 Å². The van der Waals surface area contributed by atoms with Crippen LogP contribution in [0.1, 0.15) is 0 Å². The Morgan fingerprint density at radius 1 is 0.340 bits per heavy atom. The third kappa shape index (κ3) is 5.11. The van der Waals surface area contributed by atoms with Gasteiger partial charge in [-0.05, 0) is 67.6 Å². The highest BCUT2D eigenvalue weighted by Crippen LogP contribution is 2.51. The van der Waals surface area contributed by atoms with Gasteiger partial charge in [0.05, 0.1) is 7.11 Å². The SMILES string of the molecule is COc1c(-c2ccccc2)cccc1-c1c2cc(-c3ccccc3)ccc2c(-c2cccc3c2oc2ccccc23)c2ccc(-c3ccccc3)cc12. The highest BCUT2D eigenvalue weighted by Gasteiger charge is 2.24. The Morgan fingerprint density at radius 2 is 0.830 bits per heavy atom. The molecule has 0 saturated heterocycles. The van der Waals surface area contributed by atoms with Crippen LogP contribution in [0.25, 0.3) is 99.1 Å². The molecule has 9 aromatic carbocycles. The van der Waals surface area contributed by atoms with E-state index in [-0.39, 0.29) is 0 Å². The molecule has 0 bridgehead atoms. The molecule has 0 fully saturated rings. The van der Waals surface area contributed by atoms with Gasteiger partial charge in [-0.15, -0.1) is 0 Å². The Hall–Kier alpha value is -6.90. The highest BCUT2D eigenvalue weighted by atomic mass is 16.5. The monoisotopic (exact) mass is 678 g/mol. The van der Waals surface area contributed by atoms with E-state index in [2.05, 4.69) is 182 Å². The molecule has 53 heavy (non-hydrogen) atoms. The second kappa shape index (κ2) is 12.7. The molecule has 0 N–H and O–H groups in total. The van der Waals surface area contributed by atoms with E-state index < -0.39 is 0 Å². The first kappa shape index (κ1) is 30.9. The molecule has 0 aliphatic heterocycles. The van der Waals surface area contributed by atoms with Crippen molar-refractivity contribution in [1.82, 2.24) is 0 Å². The van der Waals surface area contributed by atoms with Crippen molar-refractivity contribution in [2.24, 2.45) is 0 Å². The van der Waals surface area contributed by atoms with Crippen LogP contribution in [0.4, 0.5) is 0 Å². The average molecular weight is 679 g/mol. The van der Waals surface area contributed by atoms with Crippen molar-refractivity contribution in [1.29, 1.82) is 0 Å². The van der Waals surface area contributed by atoms with E-state index in [0.717, 1.165) is 93.7 Å². The van der Waals surface area contributed by atoms with Crippen LogP contribution < -0.4 is 4.74 Å². The summed E-state index contributed by atoms with van der Waals surface area (Å²) in [6.45, 7) is 0. The lowest BCUT2D eigenvalue weighted by molar-refractivity contribution is 0.418. The largest absolute Gasteiger partial charge is 0.495 e. The van der Waals surface area contributed by atoms with Crippen LogP contribution in [0.2, 0.25) is 0 Å². The summed E-state index contributed by atoms with van der Waals surface area (Å²) in [5.74, 6) is 0.851. The lowest BCUT2D eigenvalue weighted by Crippen LogP contribution is -1.96. The zero-order valence-electron chi connectivity index (χ0n) is 29.2. The summed E-state index contributed by atoms with van der Waals surface area (Å²) < 4.78 is 13.1. The molecule has 0 unspecified atom stereocenters. The van der Waals surface area contributed by atoms with Crippen LogP contribution in [0.15, 0.2) is 192 Å². The van der Waals surface area contributed by atoms with Gasteiger partial charge in [0, 0.05) is 38.6 Å². The first-order chi connectivity index (χ1) is 26.3. The van der Waals surface area contributed by atoms with E-state index in [9.17, 15) is 0 Å². The topological polar surface area (TPSA) is 22.4 Å². The van der Waals surface area contributed by atoms with E-state index in [1.54, 1.807) is 7.11 Å². The van der Waals surface area contributed by atoms with Crippen molar-refractivity contribution in [3.8, 4) is 61.4 Å². The molecular weight excluding hydrogens is 645 g/mol. The van der Waals surface area contributed by atoms with Crippen LogP contribution in [0.3, 0.4) is 0 Å². The minimum Gasteiger partial charge on any atom is -0.495 e. The molecule has 0 radical (unpaired) electrons. The van der Waals surface area contributed by atoms with Crippen molar-refractivity contribution in [3.63, 3.8) is 0 Å². The second-order valence-corrected chi connectivity index (χ2v) is 13.5. The zero-order chi connectivity index (χ0) is 35.3. The number of hydrogen-bond acceptors (Lipinski definition) is 2. The minimum absolute atomic E-state index is 0.851. The maximum Gasteiger partial charge on any atom is 0.143 e. The molecular formula is C51H34O2. The standard InChI is InChI=1S/C51H34O2/c1-52-50-38(35-19-9-4-10-20-35)22-13-24-43(50)49-45-31-36(33-15-5-2-6-16-33)27-29-40(45)48(41-30-28-37(32-46(41)49)34-17-7-3-8-18-34)44-25-14-23-42-39-21-11-12-26-47(39)53-51(42)44/h2-32H,1H3. The normalized spacial score (nSPS) is 11.5. The van der Waals surface area contributed by atoms with Gasteiger partial charge in [0.2, 0.25) is 0 Å². The summed E-state index contributed by atoms with van der Waals surface area (Å²) >= 11 is 0. The van der Waals surface area contributed by atoms with Gasteiger partial charge in [-0.1, -0.05) is 170 Å². The number of para-hydroxylation sites is 3. The molecule has 1 heterocycles. The molecule has 0 spiro atoms. The summed E-state index contributed by atoms with van der Waals surface area (Å²) in [4.78, 5) is 0. The predicted molar refractivity (Wildman–Crippen MR) is 222 cm³/mol. The summed E-state index contributed by atoms with van der Waals surface area (Å²) in [6, 6.07) is 67.0. The molecule has 10 aromatic rings. The maximum absolute atomic E-state index is 6.72.